The van der Waals surface area contributed by atoms with Gasteiger partial charge >= 0.3 is 17.9 Å². The van der Waals surface area contributed by atoms with Crippen molar-refractivity contribution in [2.75, 3.05) is 13.2 Å². The van der Waals surface area contributed by atoms with E-state index in [1.165, 1.54) is 38.5 Å². The zero-order valence-corrected chi connectivity index (χ0v) is 41.2. The zero-order chi connectivity index (χ0) is 47.2. The third kappa shape index (κ3) is 50.2. The molecule has 0 amide bonds. The lowest BCUT2D eigenvalue weighted by molar-refractivity contribution is -0.166. The van der Waals surface area contributed by atoms with Gasteiger partial charge in [0.1, 0.15) is 13.2 Å². The third-order valence-electron chi connectivity index (χ3n) is 9.86. The van der Waals surface area contributed by atoms with Crippen LogP contribution in [0.25, 0.3) is 0 Å². The normalized spacial score (nSPS) is 13.3. The minimum atomic E-state index is -0.872. The van der Waals surface area contributed by atoms with Gasteiger partial charge in [-0.05, 0) is 109 Å². The Bertz CT molecular complexity index is 1490. The van der Waals surface area contributed by atoms with E-state index in [0.717, 1.165) is 96.3 Å². The highest BCUT2D eigenvalue weighted by atomic mass is 16.6. The lowest BCUT2D eigenvalue weighted by Crippen LogP contribution is -2.30. The fourth-order valence-corrected chi connectivity index (χ4v) is 6.12. The summed E-state index contributed by atoms with van der Waals surface area (Å²) in [5, 5.41) is 0. The van der Waals surface area contributed by atoms with Gasteiger partial charge in [0.25, 0.3) is 0 Å². The molecule has 6 nitrogen and oxygen atoms in total. The molecule has 6 heteroatoms. The van der Waals surface area contributed by atoms with E-state index in [0.29, 0.717) is 19.3 Å². The molecule has 0 aromatic rings. The molecular weight excluding hydrogens is 805 g/mol. The average molecular weight is 895 g/mol. The molecule has 0 saturated heterocycles. The van der Waals surface area contributed by atoms with Gasteiger partial charge in [-0.3, -0.25) is 14.4 Å². The number of esters is 3. The quantitative estimate of drug-likeness (QED) is 0.0263. The van der Waals surface area contributed by atoms with E-state index in [1.807, 2.05) is 18.2 Å². The Morgan fingerprint density at radius 3 is 1.11 bits per heavy atom. The molecule has 0 heterocycles. The van der Waals surface area contributed by atoms with Crippen molar-refractivity contribution in [1.82, 2.24) is 0 Å². The van der Waals surface area contributed by atoms with Gasteiger partial charge in [0.05, 0.1) is 6.42 Å². The molecule has 0 aromatic heterocycles. The summed E-state index contributed by atoms with van der Waals surface area (Å²) in [5.74, 6) is -1.19. The maximum Gasteiger partial charge on any atom is 0.310 e. The second-order valence-electron chi connectivity index (χ2n) is 16.0. The van der Waals surface area contributed by atoms with Crippen molar-refractivity contribution in [3.8, 4) is 0 Å². The number of rotatable bonds is 43. The first-order valence-corrected chi connectivity index (χ1v) is 25.3. The van der Waals surface area contributed by atoms with E-state index < -0.39 is 18.0 Å². The Morgan fingerprint density at radius 2 is 0.677 bits per heavy atom. The maximum atomic E-state index is 12.7. The van der Waals surface area contributed by atoms with Crippen LogP contribution in [0.5, 0.6) is 0 Å². The first kappa shape index (κ1) is 60.3. The second kappa shape index (κ2) is 51.9. The Labute approximate surface area is 397 Å². The van der Waals surface area contributed by atoms with Crippen molar-refractivity contribution in [2.24, 2.45) is 0 Å². The monoisotopic (exact) mass is 895 g/mol. The van der Waals surface area contributed by atoms with Gasteiger partial charge in [-0.1, -0.05) is 205 Å². The van der Waals surface area contributed by atoms with Gasteiger partial charge in [0.15, 0.2) is 6.10 Å². The molecule has 0 spiro atoms. The number of unbranched alkanes of at least 4 members (excludes halogenated alkanes) is 9. The van der Waals surface area contributed by atoms with Crippen molar-refractivity contribution in [3.63, 3.8) is 0 Å². The van der Waals surface area contributed by atoms with E-state index in [-0.39, 0.29) is 32.0 Å². The van der Waals surface area contributed by atoms with Gasteiger partial charge in [-0.25, -0.2) is 0 Å². The molecule has 362 valence electrons. The minimum absolute atomic E-state index is 0.0722. The Hall–Kier alpha value is -4.71. The highest BCUT2D eigenvalue weighted by Crippen LogP contribution is 2.11. The molecule has 0 rings (SSSR count). The summed E-state index contributed by atoms with van der Waals surface area (Å²) in [6, 6.07) is 0. The standard InChI is InChI=1S/C59H90O6/c1-4-7-10-13-16-19-22-25-27-28-29-30-32-34-37-40-43-46-49-52-58(61)64-55-56(54-63-57(60)51-48-45-42-39-36-33-24-21-18-15-12-9-6-3)65-59(62)53-50-47-44-41-38-35-31-26-23-20-17-14-11-8-5-2/h8-9,11-12,16-21,25-27,29-31,33,36,38,41-42,45,47,50,56H,4-7,10,13-15,22-24,28,32,34-35,37,39-40,43-44,46,48-49,51-55H2,1-3H3/b11-8-,12-9-,19-16-,20-17-,21-18-,27-25-,30-29-,31-26-,36-33-,41-38-,45-42-,50-47-. The molecule has 0 aliphatic rings. The molecule has 0 saturated carbocycles. The summed E-state index contributed by atoms with van der Waals surface area (Å²) in [6.45, 7) is 6.19. The molecule has 0 radical (unpaired) electrons. The number of allylic oxidation sites excluding steroid dienone is 23. The number of hydrogen-bond donors (Lipinski definition) is 0. The summed E-state index contributed by atoms with van der Waals surface area (Å²) >= 11 is 0. The predicted molar refractivity (Wildman–Crippen MR) is 279 cm³/mol. The average Bonchev–Trinajstić information content (AvgIpc) is 3.30. The zero-order valence-electron chi connectivity index (χ0n) is 41.2. The van der Waals surface area contributed by atoms with Crippen molar-refractivity contribution in [1.29, 1.82) is 0 Å². The van der Waals surface area contributed by atoms with Crippen molar-refractivity contribution in [2.45, 2.75) is 194 Å². The molecule has 0 bridgehead atoms. The van der Waals surface area contributed by atoms with E-state index in [1.54, 1.807) is 6.08 Å². The maximum absolute atomic E-state index is 12.7. The third-order valence-corrected chi connectivity index (χ3v) is 9.86. The van der Waals surface area contributed by atoms with Crippen LogP contribution in [0, 0.1) is 0 Å². The summed E-state index contributed by atoms with van der Waals surface area (Å²) in [4.78, 5) is 37.9. The van der Waals surface area contributed by atoms with Gasteiger partial charge in [0, 0.05) is 12.8 Å². The molecule has 1 atom stereocenters. The predicted octanol–water partition coefficient (Wildman–Crippen LogP) is 16.9. The number of hydrogen-bond acceptors (Lipinski definition) is 6. The summed E-state index contributed by atoms with van der Waals surface area (Å²) < 4.78 is 16.6. The smallest absolute Gasteiger partial charge is 0.310 e. The van der Waals surface area contributed by atoms with E-state index in [4.69, 9.17) is 14.2 Å². The lowest BCUT2D eigenvalue weighted by Gasteiger charge is -2.18. The van der Waals surface area contributed by atoms with Gasteiger partial charge in [-0.2, -0.15) is 0 Å². The van der Waals surface area contributed by atoms with Crippen molar-refractivity contribution < 1.29 is 28.6 Å². The fourth-order valence-electron chi connectivity index (χ4n) is 6.12. The SMILES string of the molecule is CC/C=C\C/C=C\C/C=C\C/C=C\C/C=C\CC(=O)OC(COC(=O)CC/C=C\C/C=C\C/C=C\C/C=C\CC)COC(=O)CCCCCCCC/C=C\C/C=C\C/C=C\CCCCC. The first-order chi connectivity index (χ1) is 32.0. The summed E-state index contributed by atoms with van der Waals surface area (Å²) in [5.41, 5.74) is 0. The highest BCUT2D eigenvalue weighted by molar-refractivity contribution is 5.72. The summed E-state index contributed by atoms with van der Waals surface area (Å²) in [6.07, 6.45) is 74.4. The topological polar surface area (TPSA) is 78.9 Å². The van der Waals surface area contributed by atoms with E-state index in [2.05, 4.69) is 142 Å². The van der Waals surface area contributed by atoms with Gasteiger partial charge < -0.3 is 14.2 Å². The number of carbonyl (C=O) groups excluding carboxylic acids is 3. The van der Waals surface area contributed by atoms with Crippen molar-refractivity contribution >= 4 is 17.9 Å². The van der Waals surface area contributed by atoms with Gasteiger partial charge in [-0.15, -0.1) is 0 Å². The molecule has 0 aliphatic carbocycles. The first-order valence-electron chi connectivity index (χ1n) is 25.3. The Morgan fingerprint density at radius 1 is 0.338 bits per heavy atom. The largest absolute Gasteiger partial charge is 0.462 e. The minimum Gasteiger partial charge on any atom is -0.462 e. The lowest BCUT2D eigenvalue weighted by atomic mass is 10.1. The Balaban J connectivity index is 4.62. The van der Waals surface area contributed by atoms with E-state index in [9.17, 15) is 14.4 Å². The van der Waals surface area contributed by atoms with Crippen LogP contribution in [-0.4, -0.2) is 37.2 Å². The molecule has 0 aliphatic heterocycles. The number of ether oxygens (including phenoxy) is 3. The molecule has 0 N–H and O–H groups in total. The molecule has 1 unspecified atom stereocenters. The molecule has 0 aromatic carbocycles. The van der Waals surface area contributed by atoms with Crippen LogP contribution < -0.4 is 0 Å². The van der Waals surface area contributed by atoms with Crippen molar-refractivity contribution in [3.05, 3.63) is 146 Å². The van der Waals surface area contributed by atoms with Crippen LogP contribution in [0.15, 0.2) is 146 Å². The second-order valence-corrected chi connectivity index (χ2v) is 16.0. The van der Waals surface area contributed by atoms with Crippen LogP contribution in [0.4, 0.5) is 0 Å². The fraction of sp³-hybridized carbons (Fsp3) is 0.542. The summed E-state index contributed by atoms with van der Waals surface area (Å²) in [7, 11) is 0. The Kier molecular flexibility index (Phi) is 48.2. The molecule has 0 fully saturated rings. The van der Waals surface area contributed by atoms with Crippen LogP contribution in [0.1, 0.15) is 188 Å². The van der Waals surface area contributed by atoms with Gasteiger partial charge in [0.2, 0.25) is 0 Å². The highest BCUT2D eigenvalue weighted by Gasteiger charge is 2.19. The van der Waals surface area contributed by atoms with Crippen LogP contribution >= 0.6 is 0 Å². The molecule has 65 heavy (non-hydrogen) atoms. The number of carbonyl (C=O) groups is 3. The van der Waals surface area contributed by atoms with Crippen LogP contribution in [-0.2, 0) is 28.6 Å². The van der Waals surface area contributed by atoms with Crippen LogP contribution in [0.2, 0.25) is 0 Å². The van der Waals surface area contributed by atoms with E-state index >= 15 is 0 Å². The van der Waals surface area contributed by atoms with Crippen LogP contribution in [0.3, 0.4) is 0 Å². The molecular formula is C59H90O6.